The maximum absolute atomic E-state index is 13.3. The smallest absolute Gasteiger partial charge is 0.280 e. The number of hydrogen-bond acceptors (Lipinski definition) is 4. The highest BCUT2D eigenvalue weighted by molar-refractivity contribution is 6.42. The number of carbonyl (C=O) groups is 4. The molecule has 0 aliphatic carbocycles. The van der Waals surface area contributed by atoms with E-state index in [0.29, 0.717) is 10.6 Å². The van der Waals surface area contributed by atoms with Crippen LogP contribution >= 0.6 is 23.2 Å². The number of carbonyl (C=O) groups excluding carboxylic acids is 4. The molecule has 6 nitrogen and oxygen atoms in total. The fraction of sp³-hybridized carbons (Fsp3) is 0.0435. The molecule has 0 saturated heterocycles. The first-order valence-electron chi connectivity index (χ1n) is 9.21. The highest BCUT2D eigenvalue weighted by Crippen LogP contribution is 2.27. The minimum atomic E-state index is -0.739. The molecule has 154 valence electrons. The van der Waals surface area contributed by atoms with Crippen LogP contribution in [0.1, 0.15) is 41.4 Å². The van der Waals surface area contributed by atoms with Gasteiger partial charge in [-0.1, -0.05) is 65.7 Å². The van der Waals surface area contributed by atoms with Crippen LogP contribution in [0, 0.1) is 0 Å². The van der Waals surface area contributed by atoms with E-state index in [9.17, 15) is 19.2 Å². The molecule has 0 atom stereocenters. The number of benzene rings is 3. The van der Waals surface area contributed by atoms with E-state index in [1.165, 1.54) is 30.3 Å². The van der Waals surface area contributed by atoms with Crippen LogP contribution in [0.3, 0.4) is 0 Å². The van der Waals surface area contributed by atoms with Gasteiger partial charge in [-0.25, -0.2) is 5.01 Å². The predicted molar refractivity (Wildman–Crippen MR) is 115 cm³/mol. The minimum absolute atomic E-state index is 0.0758. The van der Waals surface area contributed by atoms with Gasteiger partial charge in [-0.3, -0.25) is 19.2 Å². The SMILES string of the molecule is O=C(CN(C(=O)c1ccc(Cl)c(Cl)c1)N1C(=O)c2ccccc2C1=O)c1ccccc1. The number of imide groups is 1. The highest BCUT2D eigenvalue weighted by atomic mass is 35.5. The van der Waals surface area contributed by atoms with Gasteiger partial charge in [-0.05, 0) is 30.3 Å². The van der Waals surface area contributed by atoms with Crippen LogP contribution in [0.15, 0.2) is 72.8 Å². The molecule has 8 heteroatoms. The molecule has 1 aliphatic rings. The highest BCUT2D eigenvalue weighted by Gasteiger charge is 2.42. The molecule has 0 fully saturated rings. The number of rotatable bonds is 5. The fourth-order valence-corrected chi connectivity index (χ4v) is 3.56. The summed E-state index contributed by atoms with van der Waals surface area (Å²) in [5, 5.41) is 1.92. The van der Waals surface area contributed by atoms with Crippen molar-refractivity contribution in [1.82, 2.24) is 10.0 Å². The van der Waals surface area contributed by atoms with Gasteiger partial charge in [0, 0.05) is 11.1 Å². The Kier molecular flexibility index (Phi) is 5.59. The lowest BCUT2D eigenvalue weighted by atomic mass is 10.1. The predicted octanol–water partition coefficient (Wildman–Crippen LogP) is 4.53. The molecule has 0 bridgehead atoms. The average molecular weight is 453 g/mol. The third-order valence-corrected chi connectivity index (χ3v) is 5.54. The van der Waals surface area contributed by atoms with Crippen LogP contribution in [0.4, 0.5) is 0 Å². The molecule has 0 aromatic heterocycles. The summed E-state index contributed by atoms with van der Waals surface area (Å²) in [6.45, 7) is -0.519. The van der Waals surface area contributed by atoms with Crippen molar-refractivity contribution in [2.45, 2.75) is 0 Å². The van der Waals surface area contributed by atoms with E-state index in [-0.39, 0.29) is 26.7 Å². The molecule has 3 amide bonds. The van der Waals surface area contributed by atoms with Gasteiger partial charge in [-0.15, -0.1) is 0 Å². The van der Waals surface area contributed by atoms with Crippen molar-refractivity contribution in [2.24, 2.45) is 0 Å². The zero-order valence-electron chi connectivity index (χ0n) is 15.9. The van der Waals surface area contributed by atoms with Gasteiger partial charge in [0.1, 0.15) is 6.54 Å². The molecule has 0 unspecified atom stereocenters. The van der Waals surface area contributed by atoms with E-state index in [0.717, 1.165) is 5.01 Å². The number of fused-ring (bicyclic) bond motifs is 1. The lowest BCUT2D eigenvalue weighted by Crippen LogP contribution is -2.51. The van der Waals surface area contributed by atoms with Crippen LogP contribution in [0.25, 0.3) is 0 Å². The molecule has 31 heavy (non-hydrogen) atoms. The van der Waals surface area contributed by atoms with Crippen molar-refractivity contribution in [3.63, 3.8) is 0 Å². The van der Waals surface area contributed by atoms with Gasteiger partial charge in [0.25, 0.3) is 17.7 Å². The second-order valence-corrected chi connectivity index (χ2v) is 7.56. The topological polar surface area (TPSA) is 74.8 Å². The van der Waals surface area contributed by atoms with Gasteiger partial charge in [0.2, 0.25) is 0 Å². The Morgan fingerprint density at radius 1 is 0.742 bits per heavy atom. The minimum Gasteiger partial charge on any atom is -0.292 e. The molecule has 3 aromatic carbocycles. The molecule has 0 radical (unpaired) electrons. The largest absolute Gasteiger partial charge is 0.292 e. The monoisotopic (exact) mass is 452 g/mol. The van der Waals surface area contributed by atoms with E-state index in [1.807, 2.05) is 0 Å². The standard InChI is InChI=1S/C23H14Cl2N2O4/c24-18-11-10-15(12-19(18)25)21(29)26(13-20(28)14-6-2-1-3-7-14)27-22(30)16-8-4-5-9-17(16)23(27)31/h1-12H,13H2. The van der Waals surface area contributed by atoms with Crippen molar-refractivity contribution < 1.29 is 19.2 Å². The Bertz CT molecular complexity index is 1190. The Balaban J connectivity index is 1.75. The van der Waals surface area contributed by atoms with E-state index in [2.05, 4.69) is 0 Å². The molecule has 4 rings (SSSR count). The summed E-state index contributed by atoms with van der Waals surface area (Å²) in [5.41, 5.74) is 0.732. The molecular formula is C23H14Cl2N2O4. The average Bonchev–Trinajstić information content (AvgIpc) is 3.04. The van der Waals surface area contributed by atoms with Gasteiger partial charge >= 0.3 is 0 Å². The Morgan fingerprint density at radius 2 is 1.32 bits per heavy atom. The molecule has 0 spiro atoms. The van der Waals surface area contributed by atoms with Crippen LogP contribution in [0.5, 0.6) is 0 Å². The fourth-order valence-electron chi connectivity index (χ4n) is 3.26. The van der Waals surface area contributed by atoms with Crippen LogP contribution < -0.4 is 0 Å². The number of Topliss-reactive ketones (excluding diaryl/α,β-unsaturated/α-hetero) is 1. The lowest BCUT2D eigenvalue weighted by molar-refractivity contribution is 0.00531. The Hall–Kier alpha value is -3.48. The van der Waals surface area contributed by atoms with Gasteiger partial charge in [0.05, 0.1) is 21.2 Å². The van der Waals surface area contributed by atoms with Gasteiger partial charge < -0.3 is 0 Å². The summed E-state index contributed by atoms with van der Waals surface area (Å²) < 4.78 is 0. The zero-order valence-corrected chi connectivity index (χ0v) is 17.4. The number of hydrazine groups is 1. The summed E-state index contributed by atoms with van der Waals surface area (Å²) in [6.07, 6.45) is 0. The second-order valence-electron chi connectivity index (χ2n) is 6.75. The number of ketones is 1. The molecule has 1 heterocycles. The van der Waals surface area contributed by atoms with Crippen LogP contribution in [-0.4, -0.2) is 40.1 Å². The third-order valence-electron chi connectivity index (χ3n) is 4.80. The molecule has 3 aromatic rings. The normalized spacial score (nSPS) is 12.6. The first kappa shape index (κ1) is 20.8. The van der Waals surface area contributed by atoms with Crippen molar-refractivity contribution in [3.8, 4) is 0 Å². The lowest BCUT2D eigenvalue weighted by Gasteiger charge is -2.29. The summed E-state index contributed by atoms with van der Waals surface area (Å²) >= 11 is 12.0. The van der Waals surface area contributed by atoms with E-state index >= 15 is 0 Å². The maximum atomic E-state index is 13.3. The first-order chi connectivity index (χ1) is 14.9. The van der Waals surface area contributed by atoms with Crippen LogP contribution in [0.2, 0.25) is 10.0 Å². The van der Waals surface area contributed by atoms with Crippen LogP contribution in [-0.2, 0) is 0 Å². The first-order valence-corrected chi connectivity index (χ1v) is 9.97. The van der Waals surface area contributed by atoms with Gasteiger partial charge in [-0.2, -0.15) is 5.01 Å². The van der Waals surface area contributed by atoms with Crippen molar-refractivity contribution >= 4 is 46.7 Å². The molecular weight excluding hydrogens is 439 g/mol. The van der Waals surface area contributed by atoms with Crippen molar-refractivity contribution in [2.75, 3.05) is 6.54 Å². The summed E-state index contributed by atoms with van der Waals surface area (Å²) in [5.74, 6) is -2.55. The van der Waals surface area contributed by atoms with Gasteiger partial charge in [0.15, 0.2) is 5.78 Å². The Morgan fingerprint density at radius 3 is 1.90 bits per heavy atom. The summed E-state index contributed by atoms with van der Waals surface area (Å²) in [7, 11) is 0. The Labute approximate surface area is 187 Å². The number of hydrogen-bond donors (Lipinski definition) is 0. The van der Waals surface area contributed by atoms with Crippen molar-refractivity contribution in [1.29, 1.82) is 0 Å². The molecule has 0 N–H and O–H groups in total. The number of halogens is 2. The maximum Gasteiger partial charge on any atom is 0.280 e. The summed E-state index contributed by atoms with van der Waals surface area (Å²) in [6, 6.07) is 18.7. The van der Waals surface area contributed by atoms with E-state index < -0.39 is 30.0 Å². The summed E-state index contributed by atoms with van der Waals surface area (Å²) in [4.78, 5) is 52.1. The van der Waals surface area contributed by atoms with E-state index in [4.69, 9.17) is 23.2 Å². The molecule has 0 saturated carbocycles. The quantitative estimate of drug-likeness (QED) is 0.420. The third kappa shape index (κ3) is 3.83. The number of amides is 3. The number of nitrogens with zero attached hydrogens (tertiary/aromatic N) is 2. The molecule has 1 aliphatic heterocycles. The van der Waals surface area contributed by atoms with Crippen molar-refractivity contribution in [3.05, 3.63) is 105 Å². The van der Waals surface area contributed by atoms with E-state index in [1.54, 1.807) is 42.5 Å². The second kappa shape index (κ2) is 8.34. The zero-order chi connectivity index (χ0) is 22.1.